The number of hydrogen-bond donors (Lipinski definition) is 1. The van der Waals surface area contributed by atoms with E-state index in [4.69, 9.17) is 4.74 Å². The van der Waals surface area contributed by atoms with Crippen LogP contribution in [0, 0.1) is 0 Å². The first-order valence-corrected chi connectivity index (χ1v) is 7.24. The van der Waals surface area contributed by atoms with E-state index in [2.05, 4.69) is 26.0 Å². The predicted octanol–water partition coefficient (Wildman–Crippen LogP) is 3.25. The quantitative estimate of drug-likeness (QED) is 0.828. The molecule has 2 aromatic rings. The van der Waals surface area contributed by atoms with Gasteiger partial charge in [0.05, 0.1) is 7.11 Å². The highest BCUT2D eigenvalue weighted by Crippen LogP contribution is 2.17. The molecule has 0 aliphatic carbocycles. The minimum atomic E-state index is -0.452. The second kappa shape index (κ2) is 7.61. The second-order valence-electron chi connectivity index (χ2n) is 4.35. The number of halogens is 1. The molecule has 6 heteroatoms. The monoisotopic (exact) mass is 363 g/mol. The van der Waals surface area contributed by atoms with Crippen LogP contribution in [0.5, 0.6) is 5.75 Å². The second-order valence-corrected chi connectivity index (χ2v) is 5.27. The van der Waals surface area contributed by atoms with Crippen LogP contribution in [-0.4, -0.2) is 25.6 Å². The minimum absolute atomic E-state index is 0.153. The van der Waals surface area contributed by atoms with Gasteiger partial charge in [0.2, 0.25) is 0 Å². The number of esters is 1. The van der Waals surface area contributed by atoms with Gasteiger partial charge in [-0.1, -0.05) is 22.0 Å². The first-order valence-electron chi connectivity index (χ1n) is 6.45. The summed E-state index contributed by atoms with van der Waals surface area (Å²) in [7, 11) is 1.30. The maximum Gasteiger partial charge on any atom is 0.343 e. The van der Waals surface area contributed by atoms with E-state index in [9.17, 15) is 9.59 Å². The van der Waals surface area contributed by atoms with Gasteiger partial charge in [0.15, 0.2) is 6.61 Å². The number of rotatable bonds is 5. The Morgan fingerprint density at radius 3 is 2.50 bits per heavy atom. The first-order chi connectivity index (χ1) is 10.6. The van der Waals surface area contributed by atoms with Crippen LogP contribution < -0.4 is 10.1 Å². The summed E-state index contributed by atoms with van der Waals surface area (Å²) < 4.78 is 10.5. The Bertz CT molecular complexity index is 670. The third kappa shape index (κ3) is 4.60. The van der Waals surface area contributed by atoms with Crippen LogP contribution in [-0.2, 0) is 9.53 Å². The smallest absolute Gasteiger partial charge is 0.343 e. The van der Waals surface area contributed by atoms with Gasteiger partial charge in [-0.25, -0.2) is 4.79 Å². The third-order valence-electron chi connectivity index (χ3n) is 2.78. The van der Waals surface area contributed by atoms with Crippen LogP contribution in [0.15, 0.2) is 53.0 Å². The van der Waals surface area contributed by atoms with Gasteiger partial charge in [-0.3, -0.25) is 4.79 Å². The van der Waals surface area contributed by atoms with Gasteiger partial charge in [-0.05, 0) is 42.5 Å². The number of ether oxygens (including phenoxy) is 2. The Kier molecular flexibility index (Phi) is 5.55. The Morgan fingerprint density at radius 1 is 1.14 bits per heavy atom. The number of nitrogens with one attached hydrogen (secondary N) is 1. The normalized spacial score (nSPS) is 9.91. The molecule has 0 fully saturated rings. The molecule has 0 unspecified atom stereocenters. The van der Waals surface area contributed by atoms with E-state index in [0.717, 1.165) is 4.47 Å². The van der Waals surface area contributed by atoms with E-state index in [-0.39, 0.29) is 12.5 Å². The highest BCUT2D eigenvalue weighted by Gasteiger charge is 2.07. The molecule has 5 nitrogen and oxygen atoms in total. The zero-order valence-electron chi connectivity index (χ0n) is 11.8. The van der Waals surface area contributed by atoms with Crippen LogP contribution in [0.2, 0.25) is 0 Å². The number of anilines is 1. The van der Waals surface area contributed by atoms with Gasteiger partial charge in [-0.15, -0.1) is 0 Å². The van der Waals surface area contributed by atoms with Crippen LogP contribution in [0.25, 0.3) is 0 Å². The molecule has 1 N–H and O–H groups in total. The zero-order chi connectivity index (χ0) is 15.9. The standard InChI is InChI=1S/C16H14BrNO4/c1-21-15(19)10-22-14-7-5-13(6-8-14)18-16(20)11-3-2-4-12(17)9-11/h2-9H,10H2,1H3,(H,18,20). The SMILES string of the molecule is COC(=O)COc1ccc(NC(=O)c2cccc(Br)c2)cc1. The first kappa shape index (κ1) is 16.0. The van der Waals surface area contributed by atoms with E-state index < -0.39 is 5.97 Å². The molecule has 22 heavy (non-hydrogen) atoms. The highest BCUT2D eigenvalue weighted by atomic mass is 79.9. The average Bonchev–Trinajstić information content (AvgIpc) is 2.53. The van der Waals surface area contributed by atoms with Crippen molar-refractivity contribution in [1.82, 2.24) is 0 Å². The van der Waals surface area contributed by atoms with Crippen molar-refractivity contribution in [1.29, 1.82) is 0 Å². The summed E-state index contributed by atoms with van der Waals surface area (Å²) in [6.45, 7) is -0.153. The van der Waals surface area contributed by atoms with Crippen molar-refractivity contribution in [2.45, 2.75) is 0 Å². The minimum Gasteiger partial charge on any atom is -0.482 e. The molecule has 0 radical (unpaired) electrons. The van der Waals surface area contributed by atoms with E-state index >= 15 is 0 Å². The van der Waals surface area contributed by atoms with Gasteiger partial charge in [-0.2, -0.15) is 0 Å². The molecule has 0 bridgehead atoms. The molecular formula is C16H14BrNO4. The average molecular weight is 364 g/mol. The summed E-state index contributed by atoms with van der Waals surface area (Å²) in [5, 5.41) is 2.78. The van der Waals surface area contributed by atoms with Gasteiger partial charge in [0.25, 0.3) is 5.91 Å². The number of benzene rings is 2. The molecule has 1 amide bonds. The van der Waals surface area contributed by atoms with Crippen molar-refractivity contribution < 1.29 is 19.1 Å². The lowest BCUT2D eigenvalue weighted by Gasteiger charge is -2.08. The lowest BCUT2D eigenvalue weighted by atomic mass is 10.2. The molecule has 114 valence electrons. The number of hydrogen-bond acceptors (Lipinski definition) is 4. The van der Waals surface area contributed by atoms with E-state index in [1.54, 1.807) is 42.5 Å². The van der Waals surface area contributed by atoms with Gasteiger partial charge >= 0.3 is 5.97 Å². The van der Waals surface area contributed by atoms with Gasteiger partial charge < -0.3 is 14.8 Å². The fourth-order valence-electron chi connectivity index (χ4n) is 1.67. The molecule has 0 heterocycles. The summed E-state index contributed by atoms with van der Waals surface area (Å²) in [5.74, 6) is -0.137. The molecule has 0 spiro atoms. The zero-order valence-corrected chi connectivity index (χ0v) is 13.4. The Labute approximate surface area is 136 Å². The van der Waals surface area contributed by atoms with Crippen molar-refractivity contribution in [3.63, 3.8) is 0 Å². The van der Waals surface area contributed by atoms with Gasteiger partial charge in [0, 0.05) is 15.7 Å². The summed E-state index contributed by atoms with van der Waals surface area (Å²) in [6, 6.07) is 13.8. The van der Waals surface area contributed by atoms with Crippen molar-refractivity contribution in [2.24, 2.45) is 0 Å². The number of methoxy groups -OCH3 is 1. The lowest BCUT2D eigenvalue weighted by molar-refractivity contribution is -0.142. The summed E-state index contributed by atoms with van der Waals surface area (Å²) in [5.41, 5.74) is 1.19. The Hall–Kier alpha value is -2.34. The summed E-state index contributed by atoms with van der Waals surface area (Å²) in [6.07, 6.45) is 0. The molecule has 0 aliphatic rings. The molecule has 2 rings (SSSR count). The van der Waals surface area contributed by atoms with Crippen molar-refractivity contribution >= 4 is 33.5 Å². The summed E-state index contributed by atoms with van der Waals surface area (Å²) >= 11 is 3.33. The Morgan fingerprint density at radius 2 is 1.86 bits per heavy atom. The molecule has 0 saturated carbocycles. The third-order valence-corrected chi connectivity index (χ3v) is 3.28. The van der Waals surface area contributed by atoms with Crippen molar-refractivity contribution in [2.75, 3.05) is 19.0 Å². The van der Waals surface area contributed by atoms with E-state index in [0.29, 0.717) is 17.0 Å². The van der Waals surface area contributed by atoms with E-state index in [1.165, 1.54) is 7.11 Å². The molecule has 0 aliphatic heterocycles. The van der Waals surface area contributed by atoms with Gasteiger partial charge in [0.1, 0.15) is 5.75 Å². The van der Waals surface area contributed by atoms with Crippen LogP contribution >= 0.6 is 15.9 Å². The molecular weight excluding hydrogens is 350 g/mol. The summed E-state index contributed by atoms with van der Waals surface area (Å²) in [4.78, 5) is 23.1. The fourth-order valence-corrected chi connectivity index (χ4v) is 2.07. The molecule has 0 atom stereocenters. The largest absolute Gasteiger partial charge is 0.482 e. The number of amides is 1. The topological polar surface area (TPSA) is 64.6 Å². The lowest BCUT2D eigenvalue weighted by Crippen LogP contribution is -2.13. The van der Waals surface area contributed by atoms with Crippen LogP contribution in [0.4, 0.5) is 5.69 Å². The number of carbonyl (C=O) groups excluding carboxylic acids is 2. The van der Waals surface area contributed by atoms with Crippen LogP contribution in [0.1, 0.15) is 10.4 Å². The fraction of sp³-hybridized carbons (Fsp3) is 0.125. The van der Waals surface area contributed by atoms with Crippen molar-refractivity contribution in [3.8, 4) is 5.75 Å². The molecule has 0 aromatic heterocycles. The Balaban J connectivity index is 1.96. The maximum absolute atomic E-state index is 12.1. The number of carbonyl (C=O) groups is 2. The van der Waals surface area contributed by atoms with E-state index in [1.807, 2.05) is 6.07 Å². The molecule has 2 aromatic carbocycles. The molecule has 0 saturated heterocycles. The predicted molar refractivity (Wildman–Crippen MR) is 86.0 cm³/mol. The van der Waals surface area contributed by atoms with Crippen LogP contribution in [0.3, 0.4) is 0 Å². The maximum atomic E-state index is 12.1. The van der Waals surface area contributed by atoms with Crippen molar-refractivity contribution in [3.05, 3.63) is 58.6 Å². The highest BCUT2D eigenvalue weighted by molar-refractivity contribution is 9.10.